The van der Waals surface area contributed by atoms with E-state index in [1.165, 1.54) is 0 Å². The zero-order valence-electron chi connectivity index (χ0n) is 11.6. The fraction of sp³-hybridized carbons (Fsp3) is 0.667. The van der Waals surface area contributed by atoms with E-state index in [0.717, 1.165) is 23.4 Å². The van der Waals surface area contributed by atoms with E-state index in [0.29, 0.717) is 13.1 Å². The van der Waals surface area contributed by atoms with Gasteiger partial charge in [0.05, 0.1) is 23.9 Å². The van der Waals surface area contributed by atoms with Crippen molar-refractivity contribution >= 4 is 42.1 Å². The number of halogens is 2. The zero-order chi connectivity index (χ0) is 13.1. The molecule has 1 aromatic rings. The molecule has 116 valence electrons. The number of amides is 1. The number of thiazole rings is 1. The molecule has 2 N–H and O–H groups in total. The van der Waals surface area contributed by atoms with Gasteiger partial charge in [0.2, 0.25) is 0 Å². The van der Waals surface area contributed by atoms with Crippen LogP contribution in [0.4, 0.5) is 0 Å². The maximum absolute atomic E-state index is 12.2. The van der Waals surface area contributed by atoms with Crippen LogP contribution < -0.4 is 5.73 Å². The van der Waals surface area contributed by atoms with E-state index in [2.05, 4.69) is 4.98 Å². The number of hydrogen-bond acceptors (Lipinski definition) is 5. The van der Waals surface area contributed by atoms with Crippen LogP contribution in [0.15, 0.2) is 5.51 Å². The molecule has 20 heavy (non-hydrogen) atoms. The molecule has 1 saturated heterocycles. The summed E-state index contributed by atoms with van der Waals surface area (Å²) >= 11 is 1.58. The lowest BCUT2D eigenvalue weighted by molar-refractivity contribution is -0.141. The molecule has 0 unspecified atom stereocenters. The van der Waals surface area contributed by atoms with Gasteiger partial charge in [0, 0.05) is 18.5 Å². The summed E-state index contributed by atoms with van der Waals surface area (Å²) in [4.78, 5) is 19.2. The van der Waals surface area contributed by atoms with Crippen molar-refractivity contribution in [2.45, 2.75) is 38.5 Å². The second-order valence-corrected chi connectivity index (χ2v) is 5.55. The highest BCUT2D eigenvalue weighted by atomic mass is 35.5. The zero-order valence-corrected chi connectivity index (χ0v) is 14.0. The first-order chi connectivity index (χ1) is 8.61. The average Bonchev–Trinajstić information content (AvgIpc) is 2.98. The van der Waals surface area contributed by atoms with Crippen LogP contribution in [0.25, 0.3) is 0 Å². The lowest BCUT2D eigenvalue weighted by Gasteiger charge is -2.20. The first-order valence-electron chi connectivity index (χ1n) is 6.11. The number of aryl methyl sites for hydroxylation is 1. The van der Waals surface area contributed by atoms with Crippen molar-refractivity contribution in [1.82, 2.24) is 9.88 Å². The smallest absolute Gasteiger partial charge is 0.251 e. The fourth-order valence-corrected chi connectivity index (χ4v) is 2.91. The molecule has 1 aliphatic heterocycles. The van der Waals surface area contributed by atoms with Crippen LogP contribution in [0, 0.1) is 6.92 Å². The van der Waals surface area contributed by atoms with Crippen LogP contribution in [-0.4, -0.2) is 41.6 Å². The Labute approximate surface area is 135 Å². The minimum Gasteiger partial charge on any atom is -0.364 e. The summed E-state index contributed by atoms with van der Waals surface area (Å²) in [7, 11) is 1.81. The van der Waals surface area contributed by atoms with Gasteiger partial charge in [-0.1, -0.05) is 0 Å². The maximum Gasteiger partial charge on any atom is 0.251 e. The van der Waals surface area contributed by atoms with E-state index >= 15 is 0 Å². The van der Waals surface area contributed by atoms with Crippen molar-refractivity contribution in [3.05, 3.63) is 16.1 Å². The van der Waals surface area contributed by atoms with Crippen molar-refractivity contribution in [2.75, 3.05) is 13.6 Å². The Morgan fingerprint density at radius 1 is 1.55 bits per heavy atom. The first-order valence-corrected chi connectivity index (χ1v) is 6.99. The SMILES string of the molecule is Cc1ncsc1CN(C)C(=O)[C@@H]1CC[C@H](CN)O1.Cl.Cl. The Bertz CT molecular complexity index is 431. The number of aromatic nitrogens is 1. The van der Waals surface area contributed by atoms with Crippen LogP contribution >= 0.6 is 36.2 Å². The molecule has 1 aromatic heterocycles. The Balaban J connectivity index is 0.00000180. The van der Waals surface area contributed by atoms with Gasteiger partial charge in [-0.15, -0.1) is 36.2 Å². The number of nitrogens with two attached hydrogens (primary N) is 1. The standard InChI is InChI=1S/C12H19N3O2S.2ClH/c1-8-11(18-7-14-8)6-15(2)12(16)10-4-3-9(5-13)17-10;;/h7,9-10H,3-6,13H2,1-2H3;2*1H/t9-,10+;;/m1../s1. The largest absolute Gasteiger partial charge is 0.364 e. The number of hydrogen-bond donors (Lipinski definition) is 1. The number of ether oxygens (including phenoxy) is 1. The summed E-state index contributed by atoms with van der Waals surface area (Å²) in [5, 5.41) is 0. The Kier molecular flexibility index (Phi) is 8.62. The molecule has 2 atom stereocenters. The molecule has 1 aliphatic rings. The van der Waals surface area contributed by atoms with Crippen LogP contribution in [0.1, 0.15) is 23.4 Å². The second kappa shape index (κ2) is 8.79. The third-order valence-electron chi connectivity index (χ3n) is 3.25. The van der Waals surface area contributed by atoms with Gasteiger partial charge in [0.15, 0.2) is 0 Å². The first kappa shape index (κ1) is 19.6. The summed E-state index contributed by atoms with van der Waals surface area (Å²) in [6, 6.07) is 0. The molecule has 1 fully saturated rings. The Morgan fingerprint density at radius 2 is 2.25 bits per heavy atom. The van der Waals surface area contributed by atoms with Gasteiger partial charge in [-0.2, -0.15) is 0 Å². The molecule has 2 heterocycles. The van der Waals surface area contributed by atoms with Crippen LogP contribution in [0.3, 0.4) is 0 Å². The number of rotatable bonds is 4. The molecule has 5 nitrogen and oxygen atoms in total. The lowest BCUT2D eigenvalue weighted by Crippen LogP contribution is -2.36. The van der Waals surface area contributed by atoms with Crippen molar-refractivity contribution in [1.29, 1.82) is 0 Å². The van der Waals surface area contributed by atoms with Crippen molar-refractivity contribution in [3.63, 3.8) is 0 Å². The molecule has 0 bridgehead atoms. The van der Waals surface area contributed by atoms with Gasteiger partial charge in [-0.3, -0.25) is 4.79 Å². The van der Waals surface area contributed by atoms with Crippen molar-refractivity contribution in [2.24, 2.45) is 5.73 Å². The quantitative estimate of drug-likeness (QED) is 0.905. The van der Waals surface area contributed by atoms with E-state index < -0.39 is 0 Å². The van der Waals surface area contributed by atoms with Crippen molar-refractivity contribution in [3.8, 4) is 0 Å². The minimum absolute atomic E-state index is 0. The number of likely N-dealkylation sites (N-methyl/N-ethyl adjacent to an activating group) is 1. The van der Waals surface area contributed by atoms with E-state index in [4.69, 9.17) is 10.5 Å². The van der Waals surface area contributed by atoms with Gasteiger partial charge < -0.3 is 15.4 Å². The van der Waals surface area contributed by atoms with E-state index in [1.807, 2.05) is 6.92 Å². The lowest BCUT2D eigenvalue weighted by atomic mass is 10.2. The maximum atomic E-state index is 12.2. The molecule has 0 radical (unpaired) electrons. The number of carbonyl (C=O) groups is 1. The summed E-state index contributed by atoms with van der Waals surface area (Å²) in [5.41, 5.74) is 8.34. The minimum atomic E-state index is -0.322. The van der Waals surface area contributed by atoms with E-state index in [-0.39, 0.29) is 42.9 Å². The third-order valence-corrected chi connectivity index (χ3v) is 4.17. The van der Waals surface area contributed by atoms with E-state index in [9.17, 15) is 4.79 Å². The van der Waals surface area contributed by atoms with Gasteiger partial charge in [-0.05, 0) is 19.8 Å². The predicted molar refractivity (Wildman–Crippen MR) is 84.8 cm³/mol. The predicted octanol–water partition coefficient (Wildman–Crippen LogP) is 1.76. The van der Waals surface area contributed by atoms with Gasteiger partial charge in [0.1, 0.15) is 6.10 Å². The van der Waals surface area contributed by atoms with Crippen LogP contribution in [0.5, 0.6) is 0 Å². The molecule has 0 aliphatic carbocycles. The molecule has 1 amide bonds. The normalized spacial score (nSPS) is 20.9. The van der Waals surface area contributed by atoms with Crippen LogP contribution in [-0.2, 0) is 16.1 Å². The Morgan fingerprint density at radius 3 is 2.75 bits per heavy atom. The van der Waals surface area contributed by atoms with Gasteiger partial charge in [0.25, 0.3) is 5.91 Å². The van der Waals surface area contributed by atoms with E-state index in [1.54, 1.807) is 28.8 Å². The molecule has 8 heteroatoms. The van der Waals surface area contributed by atoms with Crippen LogP contribution in [0.2, 0.25) is 0 Å². The monoisotopic (exact) mass is 341 g/mol. The highest BCUT2D eigenvalue weighted by Crippen LogP contribution is 2.22. The average molecular weight is 342 g/mol. The summed E-state index contributed by atoms with van der Waals surface area (Å²) in [5.74, 6) is 0.0405. The van der Waals surface area contributed by atoms with Gasteiger partial charge in [-0.25, -0.2) is 4.98 Å². The summed E-state index contributed by atoms with van der Waals surface area (Å²) in [6.45, 7) is 3.05. The third kappa shape index (κ3) is 4.56. The fourth-order valence-electron chi connectivity index (χ4n) is 2.08. The molecular formula is C12H21Cl2N3O2S. The van der Waals surface area contributed by atoms with Gasteiger partial charge >= 0.3 is 0 Å². The Hall–Kier alpha value is -0.400. The number of carbonyl (C=O) groups excluding carboxylic acids is 1. The summed E-state index contributed by atoms with van der Waals surface area (Å²) in [6.07, 6.45) is 1.36. The topological polar surface area (TPSA) is 68.5 Å². The molecular weight excluding hydrogens is 321 g/mol. The molecule has 0 aromatic carbocycles. The molecule has 0 saturated carbocycles. The molecule has 2 rings (SSSR count). The summed E-state index contributed by atoms with van der Waals surface area (Å²) < 4.78 is 5.61. The number of nitrogens with zero attached hydrogens (tertiary/aromatic N) is 2. The highest BCUT2D eigenvalue weighted by molar-refractivity contribution is 7.09. The second-order valence-electron chi connectivity index (χ2n) is 4.62. The van der Waals surface area contributed by atoms with Crippen molar-refractivity contribution < 1.29 is 9.53 Å². The highest BCUT2D eigenvalue weighted by Gasteiger charge is 2.31. The molecule has 0 spiro atoms.